The Kier molecular flexibility index (Phi) is 5.09. The van der Waals surface area contributed by atoms with E-state index in [2.05, 4.69) is 58.4 Å². The molecule has 0 saturated heterocycles. The van der Waals surface area contributed by atoms with Gasteiger partial charge in [0.15, 0.2) is 0 Å². The van der Waals surface area contributed by atoms with Crippen LogP contribution in [0, 0.1) is 17.8 Å². The van der Waals surface area contributed by atoms with Gasteiger partial charge in [-0.3, -0.25) is 0 Å². The molecule has 3 atom stereocenters. The van der Waals surface area contributed by atoms with Crippen molar-refractivity contribution < 1.29 is 0 Å². The first-order valence-corrected chi connectivity index (χ1v) is 16.1. The minimum atomic E-state index is -1.21. The third-order valence-electron chi connectivity index (χ3n) is 5.46. The van der Waals surface area contributed by atoms with Gasteiger partial charge >= 0.3 is 0 Å². The average Bonchev–Trinajstić information content (AvgIpc) is 2.59. The van der Waals surface area contributed by atoms with E-state index in [1.807, 2.05) is 10.4 Å². The first-order chi connectivity index (χ1) is 9.66. The van der Waals surface area contributed by atoms with E-state index in [1.54, 1.807) is 0 Å². The van der Waals surface area contributed by atoms with E-state index >= 15 is 0 Å². The van der Waals surface area contributed by atoms with Crippen LogP contribution in [0.1, 0.15) is 39.0 Å². The molecule has 21 heavy (non-hydrogen) atoms. The maximum Gasteiger partial charge on any atom is 0.0726 e. The Morgan fingerprint density at radius 3 is 2.14 bits per heavy atom. The Labute approximate surface area is 135 Å². The summed E-state index contributed by atoms with van der Waals surface area (Å²) in [5.74, 6) is 2.65. The number of fused-ring (bicyclic) bond motifs is 2. The highest BCUT2D eigenvalue weighted by molar-refractivity contribution is 6.89. The van der Waals surface area contributed by atoms with Gasteiger partial charge < -0.3 is 0 Å². The summed E-state index contributed by atoms with van der Waals surface area (Å²) in [6.07, 6.45) is 12.1. The van der Waals surface area contributed by atoms with Crippen LogP contribution in [-0.4, -0.2) is 16.1 Å². The molecule has 0 fully saturated rings. The Morgan fingerprint density at radius 1 is 1.00 bits per heavy atom. The molecule has 0 amide bonds. The maximum atomic E-state index is 2.60. The molecule has 2 bridgehead atoms. The Morgan fingerprint density at radius 2 is 1.62 bits per heavy atom. The molecule has 2 rings (SSSR count). The highest BCUT2D eigenvalue weighted by Gasteiger charge is 2.45. The lowest BCUT2D eigenvalue weighted by molar-refractivity contribution is 0.349. The lowest BCUT2D eigenvalue weighted by atomic mass is 9.85. The highest BCUT2D eigenvalue weighted by atomic mass is 28.3. The molecule has 0 aliphatic heterocycles. The van der Waals surface area contributed by atoms with E-state index in [4.69, 9.17) is 0 Å². The third-order valence-corrected chi connectivity index (χ3v) is 10.2. The van der Waals surface area contributed by atoms with E-state index in [1.165, 1.54) is 32.1 Å². The zero-order valence-electron chi connectivity index (χ0n) is 15.4. The molecule has 0 aromatic rings. The van der Waals surface area contributed by atoms with Crippen molar-refractivity contribution in [2.24, 2.45) is 17.8 Å². The summed E-state index contributed by atoms with van der Waals surface area (Å²) in [7, 11) is -2.41. The van der Waals surface area contributed by atoms with E-state index in [9.17, 15) is 0 Å². The molecular formula is C19H36Si2. The number of rotatable bonds is 5. The van der Waals surface area contributed by atoms with E-state index < -0.39 is 16.1 Å². The highest BCUT2D eigenvalue weighted by Crippen LogP contribution is 2.51. The van der Waals surface area contributed by atoms with Gasteiger partial charge in [0.25, 0.3) is 0 Å². The van der Waals surface area contributed by atoms with Crippen LogP contribution in [0.25, 0.3) is 0 Å². The number of allylic oxidation sites excluding steroid dienone is 4. The largest absolute Gasteiger partial charge is 0.0877 e. The quantitative estimate of drug-likeness (QED) is 0.404. The fourth-order valence-corrected chi connectivity index (χ4v) is 11.8. The van der Waals surface area contributed by atoms with Crippen molar-refractivity contribution in [1.82, 2.24) is 0 Å². The third kappa shape index (κ3) is 3.64. The van der Waals surface area contributed by atoms with Gasteiger partial charge in [-0.15, -0.1) is 0 Å². The molecule has 0 N–H and O–H groups in total. The molecule has 2 heteroatoms. The van der Waals surface area contributed by atoms with Crippen LogP contribution in [0.15, 0.2) is 22.5 Å². The minimum Gasteiger partial charge on any atom is -0.0877 e. The van der Waals surface area contributed by atoms with Gasteiger partial charge in [0, 0.05) is 0 Å². The summed E-state index contributed by atoms with van der Waals surface area (Å²) in [6, 6.07) is 0. The fourth-order valence-electron chi connectivity index (χ4n) is 4.80. The van der Waals surface area contributed by atoms with Crippen LogP contribution < -0.4 is 0 Å². The number of hydrogen-bond acceptors (Lipinski definition) is 0. The summed E-state index contributed by atoms with van der Waals surface area (Å²) in [6.45, 7) is 17.9. The maximum absolute atomic E-state index is 2.60. The molecule has 2 aliphatic carbocycles. The molecule has 0 unspecified atom stereocenters. The van der Waals surface area contributed by atoms with Crippen LogP contribution in [0.3, 0.4) is 0 Å². The first kappa shape index (κ1) is 17.3. The molecule has 0 aromatic heterocycles. The normalized spacial score (nSPS) is 30.0. The predicted molar refractivity (Wildman–Crippen MR) is 102 cm³/mol. The van der Waals surface area contributed by atoms with E-state index in [0.29, 0.717) is 0 Å². The molecule has 2 aliphatic rings. The molecule has 0 saturated carbocycles. The molecule has 120 valence electrons. The summed E-state index contributed by atoms with van der Waals surface area (Å²) in [5.41, 5.74) is 0. The summed E-state index contributed by atoms with van der Waals surface area (Å²) < 4.78 is 0. The zero-order chi connectivity index (χ0) is 15.8. The summed E-state index contributed by atoms with van der Waals surface area (Å²) in [5, 5.41) is 3.97. The molecule has 0 aromatic carbocycles. The van der Waals surface area contributed by atoms with Crippen LogP contribution >= 0.6 is 0 Å². The summed E-state index contributed by atoms with van der Waals surface area (Å²) in [4.78, 5) is 0. The van der Waals surface area contributed by atoms with Gasteiger partial charge in [0.1, 0.15) is 0 Å². The van der Waals surface area contributed by atoms with E-state index in [-0.39, 0.29) is 0 Å². The van der Waals surface area contributed by atoms with Crippen molar-refractivity contribution in [2.45, 2.75) is 78.3 Å². The number of hydrogen-bond donors (Lipinski definition) is 0. The van der Waals surface area contributed by atoms with Crippen molar-refractivity contribution in [3.05, 3.63) is 22.5 Å². The van der Waals surface area contributed by atoms with Crippen molar-refractivity contribution in [1.29, 1.82) is 0 Å². The van der Waals surface area contributed by atoms with Crippen molar-refractivity contribution in [3.63, 3.8) is 0 Å². The minimum absolute atomic E-state index is 0.801. The van der Waals surface area contributed by atoms with Crippen LogP contribution in [-0.2, 0) is 0 Å². The predicted octanol–water partition coefficient (Wildman–Crippen LogP) is 6.44. The first-order valence-electron chi connectivity index (χ1n) is 9.08. The molecule has 0 spiro atoms. The Balaban J connectivity index is 2.46. The van der Waals surface area contributed by atoms with Crippen LogP contribution in [0.4, 0.5) is 0 Å². The van der Waals surface area contributed by atoms with Gasteiger partial charge in [-0.05, 0) is 37.0 Å². The van der Waals surface area contributed by atoms with Gasteiger partial charge in [0.2, 0.25) is 0 Å². The van der Waals surface area contributed by atoms with E-state index in [0.717, 1.165) is 17.8 Å². The lowest BCUT2D eigenvalue weighted by Gasteiger charge is -2.35. The van der Waals surface area contributed by atoms with Gasteiger partial charge in [-0.1, -0.05) is 81.6 Å². The lowest BCUT2D eigenvalue weighted by Crippen LogP contribution is -2.36. The second-order valence-electron chi connectivity index (χ2n) is 9.34. The fraction of sp³-hybridized carbons (Fsp3) is 0.789. The van der Waals surface area contributed by atoms with Crippen molar-refractivity contribution >= 4 is 16.1 Å². The molecular weight excluding hydrogens is 284 g/mol. The molecule has 0 radical (unpaired) electrons. The van der Waals surface area contributed by atoms with Crippen molar-refractivity contribution in [2.75, 3.05) is 0 Å². The smallest absolute Gasteiger partial charge is 0.0726 e. The monoisotopic (exact) mass is 320 g/mol. The standard InChI is InChI=1S/C19H36Si2/c1-8-9-11-15-12-10-13-16-14-17(15)19(21(5,6)7)18(16)20(2,3)4/h10,13,15-17H,8-9,11-12,14H2,1-7H3/t15-,16-,17-/m0/s1. The topological polar surface area (TPSA) is 0 Å². The van der Waals surface area contributed by atoms with Gasteiger partial charge in [-0.25, -0.2) is 0 Å². The van der Waals surface area contributed by atoms with Crippen LogP contribution in [0.2, 0.25) is 39.3 Å². The SMILES string of the molecule is CCCC[C@H]1CC=C[C@H]2C[C@@H]1C([Si](C)(C)C)=C2[Si](C)(C)C. The average molecular weight is 321 g/mol. The van der Waals surface area contributed by atoms with Gasteiger partial charge in [-0.2, -0.15) is 0 Å². The molecule has 0 nitrogen and oxygen atoms in total. The summed E-state index contributed by atoms with van der Waals surface area (Å²) >= 11 is 0. The Bertz CT molecular complexity index is 431. The second kappa shape index (κ2) is 6.19. The van der Waals surface area contributed by atoms with Crippen LogP contribution in [0.5, 0.6) is 0 Å². The van der Waals surface area contributed by atoms with Gasteiger partial charge in [0.05, 0.1) is 16.1 Å². The Hall–Kier alpha value is -0.0862. The number of unbranched alkanes of at least 4 members (excludes halogenated alkanes) is 1. The molecule has 0 heterocycles. The van der Waals surface area contributed by atoms with Crippen molar-refractivity contribution in [3.8, 4) is 0 Å². The second-order valence-corrected chi connectivity index (χ2v) is 19.4. The zero-order valence-corrected chi connectivity index (χ0v) is 17.4.